The molecule has 1 amide bonds. The number of fused-ring (bicyclic) bond motifs is 1. The number of hydrogen-bond acceptors (Lipinski definition) is 4. The fraction of sp³-hybridized carbons (Fsp3) is 0.348. The number of esters is 1. The minimum absolute atomic E-state index is 0.0802. The second-order valence-corrected chi connectivity index (χ2v) is 7.50. The maximum absolute atomic E-state index is 12.9. The highest BCUT2D eigenvalue weighted by molar-refractivity contribution is 5.98. The van der Waals surface area contributed by atoms with Crippen LogP contribution in [0.2, 0.25) is 0 Å². The molecule has 2 aromatic carbocycles. The van der Waals surface area contributed by atoms with Gasteiger partial charge in [-0.15, -0.1) is 0 Å². The van der Waals surface area contributed by atoms with Gasteiger partial charge >= 0.3 is 5.97 Å². The normalized spacial score (nSPS) is 16.6. The number of para-hydroxylation sites is 3. The highest BCUT2D eigenvalue weighted by Crippen LogP contribution is 2.35. The molecule has 1 aromatic heterocycles. The SMILES string of the molecule is CCOC(=O)Cn1c([C@@H]2CC(=O)N(c3c(C)cccc3C)C2)nc2ccccc21. The van der Waals surface area contributed by atoms with Gasteiger partial charge in [0.15, 0.2) is 0 Å². The van der Waals surface area contributed by atoms with E-state index in [4.69, 9.17) is 9.72 Å². The highest BCUT2D eigenvalue weighted by atomic mass is 16.5. The van der Waals surface area contributed by atoms with Crippen molar-refractivity contribution in [2.75, 3.05) is 18.1 Å². The predicted molar refractivity (Wildman–Crippen MR) is 112 cm³/mol. The van der Waals surface area contributed by atoms with Crippen LogP contribution in [0.15, 0.2) is 42.5 Å². The van der Waals surface area contributed by atoms with Crippen LogP contribution in [0, 0.1) is 13.8 Å². The van der Waals surface area contributed by atoms with Crippen molar-refractivity contribution in [3.05, 3.63) is 59.4 Å². The van der Waals surface area contributed by atoms with Gasteiger partial charge in [-0.05, 0) is 44.0 Å². The minimum atomic E-state index is -0.298. The van der Waals surface area contributed by atoms with E-state index in [1.165, 1.54) is 0 Å². The molecule has 150 valence electrons. The summed E-state index contributed by atoms with van der Waals surface area (Å²) in [7, 11) is 0. The molecule has 4 rings (SSSR count). The molecule has 6 heteroatoms. The van der Waals surface area contributed by atoms with E-state index in [9.17, 15) is 9.59 Å². The smallest absolute Gasteiger partial charge is 0.326 e. The second kappa shape index (κ2) is 7.70. The van der Waals surface area contributed by atoms with Gasteiger partial charge in [-0.25, -0.2) is 4.98 Å². The van der Waals surface area contributed by atoms with Gasteiger partial charge in [0.1, 0.15) is 12.4 Å². The zero-order chi connectivity index (χ0) is 20.5. The van der Waals surface area contributed by atoms with Crippen molar-refractivity contribution in [1.82, 2.24) is 9.55 Å². The molecule has 0 aliphatic carbocycles. The van der Waals surface area contributed by atoms with Crippen LogP contribution in [0.3, 0.4) is 0 Å². The Balaban J connectivity index is 1.72. The van der Waals surface area contributed by atoms with Crippen molar-refractivity contribution >= 4 is 28.6 Å². The van der Waals surface area contributed by atoms with Gasteiger partial charge in [0, 0.05) is 24.6 Å². The zero-order valence-electron chi connectivity index (χ0n) is 17.0. The molecule has 29 heavy (non-hydrogen) atoms. The van der Waals surface area contributed by atoms with E-state index in [-0.39, 0.29) is 24.3 Å². The lowest BCUT2D eigenvalue weighted by molar-refractivity contribution is -0.143. The fourth-order valence-electron chi connectivity index (χ4n) is 4.24. The van der Waals surface area contributed by atoms with E-state index in [1.54, 1.807) is 6.92 Å². The van der Waals surface area contributed by atoms with E-state index in [1.807, 2.05) is 65.8 Å². The van der Waals surface area contributed by atoms with E-state index in [0.29, 0.717) is 19.6 Å². The van der Waals surface area contributed by atoms with Crippen LogP contribution in [0.4, 0.5) is 5.69 Å². The molecule has 3 aromatic rings. The number of anilines is 1. The molecule has 1 atom stereocenters. The van der Waals surface area contributed by atoms with Crippen molar-refractivity contribution in [3.8, 4) is 0 Å². The number of hydrogen-bond donors (Lipinski definition) is 0. The monoisotopic (exact) mass is 391 g/mol. The number of carbonyl (C=O) groups is 2. The molecular formula is C23H25N3O3. The largest absolute Gasteiger partial charge is 0.465 e. The first-order chi connectivity index (χ1) is 14.0. The molecule has 0 bridgehead atoms. The summed E-state index contributed by atoms with van der Waals surface area (Å²) in [6, 6.07) is 13.8. The Labute approximate surface area is 170 Å². The van der Waals surface area contributed by atoms with Crippen LogP contribution in [0.1, 0.15) is 36.2 Å². The van der Waals surface area contributed by atoms with E-state index >= 15 is 0 Å². The molecule has 1 fully saturated rings. The highest BCUT2D eigenvalue weighted by Gasteiger charge is 2.36. The average molecular weight is 391 g/mol. The van der Waals surface area contributed by atoms with E-state index in [2.05, 4.69) is 0 Å². The molecule has 1 saturated heterocycles. The molecule has 1 aliphatic rings. The number of carbonyl (C=O) groups excluding carboxylic acids is 2. The Morgan fingerprint density at radius 1 is 1.14 bits per heavy atom. The van der Waals surface area contributed by atoms with Gasteiger partial charge in [-0.1, -0.05) is 30.3 Å². The molecule has 0 saturated carbocycles. The molecule has 6 nitrogen and oxygen atoms in total. The summed E-state index contributed by atoms with van der Waals surface area (Å²) in [6.45, 7) is 6.83. The molecule has 2 heterocycles. The van der Waals surface area contributed by atoms with Gasteiger partial charge in [0.05, 0.1) is 17.6 Å². The van der Waals surface area contributed by atoms with Gasteiger partial charge < -0.3 is 14.2 Å². The van der Waals surface area contributed by atoms with E-state index < -0.39 is 0 Å². The number of aromatic nitrogens is 2. The zero-order valence-corrected chi connectivity index (χ0v) is 17.0. The van der Waals surface area contributed by atoms with Crippen LogP contribution >= 0.6 is 0 Å². The van der Waals surface area contributed by atoms with Crippen molar-refractivity contribution in [2.45, 2.75) is 39.7 Å². The fourth-order valence-corrected chi connectivity index (χ4v) is 4.24. The van der Waals surface area contributed by atoms with Crippen LogP contribution in [0.25, 0.3) is 11.0 Å². The average Bonchev–Trinajstić information content (AvgIpc) is 3.23. The summed E-state index contributed by atoms with van der Waals surface area (Å²) in [4.78, 5) is 31.8. The molecule has 0 N–H and O–H groups in total. The van der Waals surface area contributed by atoms with Gasteiger partial charge in [0.25, 0.3) is 0 Å². The maximum Gasteiger partial charge on any atom is 0.326 e. The number of amides is 1. The number of aryl methyl sites for hydroxylation is 2. The van der Waals surface area contributed by atoms with Crippen LogP contribution in [-0.2, 0) is 20.9 Å². The predicted octanol–water partition coefficient (Wildman–Crippen LogP) is 3.74. The van der Waals surface area contributed by atoms with Crippen LogP contribution < -0.4 is 4.90 Å². The lowest BCUT2D eigenvalue weighted by Crippen LogP contribution is -2.26. The summed E-state index contributed by atoms with van der Waals surface area (Å²) < 4.78 is 7.06. The van der Waals surface area contributed by atoms with Gasteiger partial charge in [0.2, 0.25) is 5.91 Å². The van der Waals surface area contributed by atoms with Crippen LogP contribution in [-0.4, -0.2) is 34.6 Å². The Morgan fingerprint density at radius 2 is 1.86 bits per heavy atom. The number of ether oxygens (including phenoxy) is 1. The summed E-state index contributed by atoms with van der Waals surface area (Å²) >= 11 is 0. The summed E-state index contributed by atoms with van der Waals surface area (Å²) in [5.74, 6) is 0.472. The standard InChI is InChI=1S/C23H25N3O3/c1-4-29-21(28)14-25-19-11-6-5-10-18(19)24-23(25)17-12-20(27)26(13-17)22-15(2)8-7-9-16(22)3/h5-11,17H,4,12-14H2,1-3H3/t17-/m1/s1. The number of benzene rings is 2. The molecule has 1 aliphatic heterocycles. The molecule has 0 unspecified atom stereocenters. The molecule has 0 spiro atoms. The van der Waals surface area contributed by atoms with Crippen molar-refractivity contribution in [3.63, 3.8) is 0 Å². The summed E-state index contributed by atoms with van der Waals surface area (Å²) in [5.41, 5.74) is 4.85. The Morgan fingerprint density at radius 3 is 2.59 bits per heavy atom. The second-order valence-electron chi connectivity index (χ2n) is 7.50. The molecular weight excluding hydrogens is 366 g/mol. The third-order valence-corrected chi connectivity index (χ3v) is 5.48. The van der Waals surface area contributed by atoms with Crippen molar-refractivity contribution in [1.29, 1.82) is 0 Å². The van der Waals surface area contributed by atoms with Gasteiger partial charge in [-0.2, -0.15) is 0 Å². The Bertz CT molecular complexity index is 1070. The topological polar surface area (TPSA) is 64.4 Å². The van der Waals surface area contributed by atoms with Crippen molar-refractivity contribution in [2.24, 2.45) is 0 Å². The molecule has 0 radical (unpaired) electrons. The van der Waals surface area contributed by atoms with Crippen LogP contribution in [0.5, 0.6) is 0 Å². The first-order valence-electron chi connectivity index (χ1n) is 9.97. The summed E-state index contributed by atoms with van der Waals surface area (Å²) in [6.07, 6.45) is 0.375. The number of imidazole rings is 1. The minimum Gasteiger partial charge on any atom is -0.465 e. The maximum atomic E-state index is 12.9. The Hall–Kier alpha value is -3.15. The number of rotatable bonds is 5. The first kappa shape index (κ1) is 19.2. The first-order valence-corrected chi connectivity index (χ1v) is 9.97. The lowest BCUT2D eigenvalue weighted by atomic mass is 10.1. The third-order valence-electron chi connectivity index (χ3n) is 5.48. The Kier molecular flexibility index (Phi) is 5.09. The summed E-state index contributed by atoms with van der Waals surface area (Å²) in [5, 5.41) is 0. The third kappa shape index (κ3) is 3.50. The van der Waals surface area contributed by atoms with Crippen molar-refractivity contribution < 1.29 is 14.3 Å². The lowest BCUT2D eigenvalue weighted by Gasteiger charge is -2.21. The van der Waals surface area contributed by atoms with Gasteiger partial charge in [-0.3, -0.25) is 9.59 Å². The number of nitrogens with zero attached hydrogens (tertiary/aromatic N) is 3. The van der Waals surface area contributed by atoms with E-state index in [0.717, 1.165) is 33.7 Å². The quantitative estimate of drug-likeness (QED) is 0.622.